The van der Waals surface area contributed by atoms with Gasteiger partial charge in [0.2, 0.25) is 0 Å². The van der Waals surface area contributed by atoms with Gasteiger partial charge in [0.25, 0.3) is 5.91 Å². The van der Waals surface area contributed by atoms with Gasteiger partial charge in [-0.2, -0.15) is 5.10 Å². The van der Waals surface area contributed by atoms with Crippen LogP contribution in [0.3, 0.4) is 0 Å². The molecule has 8 heteroatoms. The van der Waals surface area contributed by atoms with E-state index in [1.54, 1.807) is 17.7 Å². The molecule has 0 atom stereocenters. The van der Waals surface area contributed by atoms with Crippen LogP contribution in [0.15, 0.2) is 12.1 Å². The number of rotatable bonds is 5. The average molecular weight is 444 g/mol. The molecule has 0 saturated carbocycles. The molecule has 0 aliphatic carbocycles. The number of ether oxygens (including phenoxy) is 2. The van der Waals surface area contributed by atoms with Gasteiger partial charge in [-0.05, 0) is 56.6 Å². The van der Waals surface area contributed by atoms with Crippen molar-refractivity contribution in [3.8, 4) is 11.3 Å². The molecule has 4 rings (SSSR count). The number of aromatic nitrogens is 2. The number of nitrogens with zero attached hydrogens (tertiary/aromatic N) is 2. The van der Waals surface area contributed by atoms with Gasteiger partial charge < -0.3 is 14.8 Å². The molecule has 172 valence electrons. The number of aryl methyl sites for hydroxylation is 2. The van der Waals surface area contributed by atoms with Crippen LogP contribution in [0, 0.1) is 18.2 Å². The average Bonchev–Trinajstić information content (AvgIpc) is 3.07. The Morgan fingerprint density at radius 1 is 1.31 bits per heavy atom. The third-order valence-electron chi connectivity index (χ3n) is 6.54. The van der Waals surface area contributed by atoms with E-state index < -0.39 is 11.8 Å². The molecule has 1 saturated heterocycles. The van der Waals surface area contributed by atoms with Crippen molar-refractivity contribution < 1.29 is 23.5 Å². The minimum Gasteiger partial charge on any atom is -0.462 e. The van der Waals surface area contributed by atoms with Crippen molar-refractivity contribution in [2.45, 2.75) is 53.0 Å². The molecule has 0 radical (unpaired) electrons. The molecule has 7 nitrogen and oxygen atoms in total. The molecule has 1 N–H and O–H groups in total. The number of fused-ring (bicyclic) bond motifs is 1. The number of hydrogen-bond donors (Lipinski definition) is 1. The number of carbonyl (C=O) groups is 2. The molecular formula is C24H30FN3O4. The predicted molar refractivity (Wildman–Crippen MR) is 117 cm³/mol. The van der Waals surface area contributed by atoms with E-state index in [9.17, 15) is 9.59 Å². The maximum Gasteiger partial charge on any atom is 0.341 e. The van der Waals surface area contributed by atoms with Crippen LogP contribution >= 0.6 is 0 Å². The first-order chi connectivity index (χ1) is 15.4. The van der Waals surface area contributed by atoms with Crippen molar-refractivity contribution in [1.82, 2.24) is 15.1 Å². The Kier molecular flexibility index (Phi) is 6.33. The van der Waals surface area contributed by atoms with Crippen LogP contribution in [0.25, 0.3) is 11.3 Å². The summed E-state index contributed by atoms with van der Waals surface area (Å²) >= 11 is 0. The highest BCUT2D eigenvalue weighted by molar-refractivity contribution is 5.97. The zero-order valence-electron chi connectivity index (χ0n) is 18.9. The first-order valence-electron chi connectivity index (χ1n) is 11.3. The van der Waals surface area contributed by atoms with Gasteiger partial charge in [0, 0.05) is 37.4 Å². The summed E-state index contributed by atoms with van der Waals surface area (Å²) in [6.45, 7) is 8.10. The van der Waals surface area contributed by atoms with Crippen LogP contribution in [0.2, 0.25) is 0 Å². The lowest BCUT2D eigenvalue weighted by Crippen LogP contribution is -2.40. The van der Waals surface area contributed by atoms with Gasteiger partial charge in [0.15, 0.2) is 0 Å². The summed E-state index contributed by atoms with van der Waals surface area (Å²) < 4.78 is 28.1. The highest BCUT2D eigenvalue weighted by atomic mass is 19.1. The van der Waals surface area contributed by atoms with Gasteiger partial charge in [0.1, 0.15) is 11.5 Å². The number of halogens is 1. The van der Waals surface area contributed by atoms with E-state index in [1.807, 2.05) is 13.8 Å². The quantitative estimate of drug-likeness (QED) is 0.713. The minimum absolute atomic E-state index is 0.113. The molecule has 1 spiro atoms. The van der Waals surface area contributed by atoms with Crippen molar-refractivity contribution >= 4 is 11.9 Å². The van der Waals surface area contributed by atoms with Crippen molar-refractivity contribution in [1.29, 1.82) is 0 Å². The van der Waals surface area contributed by atoms with Crippen molar-refractivity contribution in [2.75, 3.05) is 26.4 Å². The summed E-state index contributed by atoms with van der Waals surface area (Å²) in [5, 5.41) is 7.73. The van der Waals surface area contributed by atoms with Gasteiger partial charge in [0.05, 0.1) is 17.9 Å². The molecule has 0 unspecified atom stereocenters. The topological polar surface area (TPSA) is 82.4 Å². The Morgan fingerprint density at radius 3 is 2.75 bits per heavy atom. The first-order valence-corrected chi connectivity index (χ1v) is 11.3. The summed E-state index contributed by atoms with van der Waals surface area (Å²) in [5.74, 6) is -1.54. The van der Waals surface area contributed by atoms with Gasteiger partial charge >= 0.3 is 5.97 Å². The smallest absolute Gasteiger partial charge is 0.341 e. The molecule has 1 aromatic heterocycles. The lowest BCUT2D eigenvalue weighted by molar-refractivity contribution is 0.0161. The fourth-order valence-electron chi connectivity index (χ4n) is 4.69. The van der Waals surface area contributed by atoms with E-state index in [1.165, 1.54) is 6.07 Å². The van der Waals surface area contributed by atoms with E-state index in [0.29, 0.717) is 56.1 Å². The molecular weight excluding hydrogens is 413 g/mol. The maximum atomic E-state index is 15.7. The Labute approximate surface area is 187 Å². The van der Waals surface area contributed by atoms with Crippen molar-refractivity contribution in [3.63, 3.8) is 0 Å². The summed E-state index contributed by atoms with van der Waals surface area (Å²) in [5.41, 5.74) is 2.30. The van der Waals surface area contributed by atoms with E-state index in [0.717, 1.165) is 18.4 Å². The monoisotopic (exact) mass is 443 g/mol. The second-order valence-electron chi connectivity index (χ2n) is 8.72. The van der Waals surface area contributed by atoms with E-state index in [4.69, 9.17) is 9.47 Å². The largest absolute Gasteiger partial charge is 0.462 e. The van der Waals surface area contributed by atoms with Crippen LogP contribution in [0.5, 0.6) is 0 Å². The summed E-state index contributed by atoms with van der Waals surface area (Å²) in [6.07, 6.45) is 2.88. The van der Waals surface area contributed by atoms with Crippen LogP contribution < -0.4 is 5.32 Å². The zero-order valence-corrected chi connectivity index (χ0v) is 18.9. The number of esters is 1. The molecule has 1 fully saturated rings. The fourth-order valence-corrected chi connectivity index (χ4v) is 4.69. The summed E-state index contributed by atoms with van der Waals surface area (Å²) in [6, 6.07) is 3.16. The lowest BCUT2D eigenvalue weighted by Gasteiger charge is -2.36. The lowest BCUT2D eigenvalue weighted by atomic mass is 9.75. The molecule has 1 amide bonds. The molecule has 3 heterocycles. The van der Waals surface area contributed by atoms with Crippen LogP contribution in [-0.4, -0.2) is 48.0 Å². The number of hydrogen-bond acceptors (Lipinski definition) is 5. The minimum atomic E-state index is -0.690. The van der Waals surface area contributed by atoms with E-state index in [-0.39, 0.29) is 29.1 Å². The second kappa shape index (κ2) is 9.02. The number of benzene rings is 1. The number of amides is 1. The van der Waals surface area contributed by atoms with Crippen molar-refractivity contribution in [2.24, 2.45) is 5.41 Å². The normalized spacial score (nSPS) is 17.6. The molecule has 2 aliphatic rings. The van der Waals surface area contributed by atoms with Crippen LogP contribution in [-0.2, 0) is 22.4 Å². The summed E-state index contributed by atoms with van der Waals surface area (Å²) in [4.78, 5) is 25.5. The van der Waals surface area contributed by atoms with Gasteiger partial charge in [-0.1, -0.05) is 13.0 Å². The predicted octanol–water partition coefficient (Wildman–Crippen LogP) is 3.67. The third-order valence-corrected chi connectivity index (χ3v) is 6.54. The van der Waals surface area contributed by atoms with Gasteiger partial charge in [-0.15, -0.1) is 0 Å². The highest BCUT2D eigenvalue weighted by Gasteiger charge is 2.40. The van der Waals surface area contributed by atoms with Gasteiger partial charge in [-0.3, -0.25) is 9.48 Å². The fraction of sp³-hybridized carbons (Fsp3) is 0.542. The Morgan fingerprint density at radius 2 is 2.06 bits per heavy atom. The third kappa shape index (κ3) is 3.92. The van der Waals surface area contributed by atoms with Gasteiger partial charge in [-0.25, -0.2) is 9.18 Å². The standard InChI is InChI=1S/C24H30FN3O4/c1-4-10-32-23(30)16-7-6-15(3)18(19(16)25)20-17-13-24(8-11-31-12-9-24)14-26-22(29)21(17)28(5-2)27-20/h6-7H,4-5,8-14H2,1-3H3,(H,26,29). The maximum absolute atomic E-state index is 15.7. The van der Waals surface area contributed by atoms with E-state index in [2.05, 4.69) is 10.4 Å². The SMILES string of the molecule is CCCOC(=O)c1ccc(C)c(-c2nn(CC)c3c2CC2(CCOCC2)CNC3=O)c1F. The summed E-state index contributed by atoms with van der Waals surface area (Å²) in [7, 11) is 0. The van der Waals surface area contributed by atoms with Crippen molar-refractivity contribution in [3.05, 3.63) is 40.3 Å². The second-order valence-corrected chi connectivity index (χ2v) is 8.72. The van der Waals surface area contributed by atoms with E-state index >= 15 is 4.39 Å². The molecule has 0 bridgehead atoms. The molecule has 32 heavy (non-hydrogen) atoms. The van der Waals surface area contributed by atoms with Crippen LogP contribution in [0.4, 0.5) is 4.39 Å². The molecule has 2 aromatic rings. The Bertz CT molecular complexity index is 1040. The molecule has 2 aliphatic heterocycles. The Balaban J connectivity index is 1.87. The van der Waals surface area contributed by atoms with Crippen LogP contribution in [0.1, 0.15) is 65.1 Å². The Hall–Kier alpha value is -2.74. The molecule has 1 aromatic carbocycles. The zero-order chi connectivity index (χ0) is 22.9. The number of nitrogens with one attached hydrogen (secondary N) is 1. The highest BCUT2D eigenvalue weighted by Crippen LogP contribution is 2.41. The number of carbonyl (C=O) groups excluding carboxylic acids is 2. The first kappa shape index (κ1) is 22.5.